The van der Waals surface area contributed by atoms with Gasteiger partial charge in [0.2, 0.25) is 0 Å². The Labute approximate surface area is 108 Å². The van der Waals surface area contributed by atoms with Gasteiger partial charge >= 0.3 is 5.97 Å². The molecule has 6 nitrogen and oxygen atoms in total. The fraction of sp³-hybridized carbons (Fsp3) is 0.833. The zero-order valence-electron chi connectivity index (χ0n) is 11.1. The molecular formula is C12H22O6. The molecule has 0 aromatic heterocycles. The summed E-state index contributed by atoms with van der Waals surface area (Å²) in [4.78, 5) is 21.5. The molecule has 0 radical (unpaired) electrons. The van der Waals surface area contributed by atoms with E-state index in [0.717, 1.165) is 0 Å². The van der Waals surface area contributed by atoms with Gasteiger partial charge in [0.25, 0.3) is 0 Å². The van der Waals surface area contributed by atoms with Crippen LogP contribution in [0.5, 0.6) is 0 Å². The van der Waals surface area contributed by atoms with Gasteiger partial charge in [0, 0.05) is 6.61 Å². The summed E-state index contributed by atoms with van der Waals surface area (Å²) in [5.74, 6) is -0.720. The second-order valence-electron chi connectivity index (χ2n) is 3.52. The smallest absolute Gasteiger partial charge is 0.313 e. The first kappa shape index (κ1) is 17.0. The molecule has 0 aliphatic rings. The fourth-order valence-corrected chi connectivity index (χ4v) is 1.05. The number of carbonyl (C=O) groups excluding carboxylic acids is 2. The number of carbonyl (C=O) groups is 2. The van der Waals surface area contributed by atoms with Crippen molar-refractivity contribution in [2.75, 3.05) is 46.2 Å². The zero-order chi connectivity index (χ0) is 13.6. The number of rotatable bonds is 12. The molecule has 0 atom stereocenters. The van der Waals surface area contributed by atoms with E-state index in [1.165, 1.54) is 6.92 Å². The molecule has 0 aliphatic heterocycles. The van der Waals surface area contributed by atoms with Gasteiger partial charge in [-0.1, -0.05) is 0 Å². The Morgan fingerprint density at radius 1 is 0.833 bits per heavy atom. The van der Waals surface area contributed by atoms with Crippen LogP contribution in [-0.4, -0.2) is 58.0 Å². The first-order valence-corrected chi connectivity index (χ1v) is 6.05. The van der Waals surface area contributed by atoms with E-state index in [4.69, 9.17) is 18.9 Å². The SMILES string of the molecule is CCOCCOCCOCCOC(=O)CC(C)=O. The monoisotopic (exact) mass is 262 g/mol. The molecule has 6 heteroatoms. The largest absolute Gasteiger partial charge is 0.463 e. The van der Waals surface area contributed by atoms with Gasteiger partial charge in [-0.2, -0.15) is 0 Å². The third-order valence-corrected chi connectivity index (χ3v) is 1.83. The van der Waals surface area contributed by atoms with E-state index < -0.39 is 5.97 Å². The van der Waals surface area contributed by atoms with Gasteiger partial charge in [-0.05, 0) is 13.8 Å². The minimum atomic E-state index is -0.515. The molecule has 0 saturated carbocycles. The zero-order valence-corrected chi connectivity index (χ0v) is 11.1. The average molecular weight is 262 g/mol. The minimum Gasteiger partial charge on any atom is -0.463 e. The van der Waals surface area contributed by atoms with E-state index in [-0.39, 0.29) is 18.8 Å². The summed E-state index contributed by atoms with van der Waals surface area (Å²) in [5, 5.41) is 0. The molecule has 0 amide bonds. The predicted molar refractivity (Wildman–Crippen MR) is 64.4 cm³/mol. The van der Waals surface area contributed by atoms with Crippen LogP contribution >= 0.6 is 0 Å². The molecule has 0 unspecified atom stereocenters. The molecule has 0 aromatic carbocycles. The molecule has 18 heavy (non-hydrogen) atoms. The van der Waals surface area contributed by atoms with Crippen LogP contribution in [0.2, 0.25) is 0 Å². The lowest BCUT2D eigenvalue weighted by molar-refractivity contribution is -0.147. The molecule has 0 rings (SSSR count). The highest BCUT2D eigenvalue weighted by Crippen LogP contribution is 1.88. The Kier molecular flexibility index (Phi) is 11.8. The van der Waals surface area contributed by atoms with E-state index in [2.05, 4.69) is 0 Å². The summed E-state index contributed by atoms with van der Waals surface area (Å²) in [6.07, 6.45) is -0.180. The van der Waals surface area contributed by atoms with Crippen molar-refractivity contribution in [1.82, 2.24) is 0 Å². The second-order valence-corrected chi connectivity index (χ2v) is 3.52. The van der Waals surface area contributed by atoms with E-state index >= 15 is 0 Å². The van der Waals surface area contributed by atoms with Crippen molar-refractivity contribution < 1.29 is 28.5 Å². The lowest BCUT2D eigenvalue weighted by atomic mass is 10.3. The van der Waals surface area contributed by atoms with Gasteiger partial charge in [0.05, 0.1) is 33.0 Å². The normalized spacial score (nSPS) is 10.3. The average Bonchev–Trinajstić information content (AvgIpc) is 2.30. The highest BCUT2D eigenvalue weighted by Gasteiger charge is 2.05. The quantitative estimate of drug-likeness (QED) is 0.291. The van der Waals surface area contributed by atoms with E-state index in [0.29, 0.717) is 39.6 Å². The summed E-state index contributed by atoms with van der Waals surface area (Å²) in [6, 6.07) is 0. The number of ether oxygens (including phenoxy) is 4. The third kappa shape index (κ3) is 13.1. The van der Waals surface area contributed by atoms with Gasteiger partial charge < -0.3 is 18.9 Å². The molecule has 0 saturated heterocycles. The van der Waals surface area contributed by atoms with Crippen LogP contribution in [0.4, 0.5) is 0 Å². The van der Waals surface area contributed by atoms with Gasteiger partial charge in [-0.3, -0.25) is 9.59 Å². The van der Waals surface area contributed by atoms with Crippen molar-refractivity contribution in [1.29, 1.82) is 0 Å². The van der Waals surface area contributed by atoms with Crippen molar-refractivity contribution in [3.8, 4) is 0 Å². The van der Waals surface area contributed by atoms with Crippen molar-refractivity contribution in [3.05, 3.63) is 0 Å². The number of esters is 1. The molecular weight excluding hydrogens is 240 g/mol. The number of ketones is 1. The maximum atomic E-state index is 11.0. The Bertz CT molecular complexity index is 229. The molecule has 0 fully saturated rings. The molecule has 106 valence electrons. The summed E-state index contributed by atoms with van der Waals surface area (Å²) < 4.78 is 20.2. The van der Waals surface area contributed by atoms with Gasteiger partial charge in [-0.25, -0.2) is 0 Å². The van der Waals surface area contributed by atoms with Gasteiger partial charge in [-0.15, -0.1) is 0 Å². The summed E-state index contributed by atoms with van der Waals surface area (Å²) >= 11 is 0. The first-order valence-electron chi connectivity index (χ1n) is 6.05. The van der Waals surface area contributed by atoms with Gasteiger partial charge in [0.15, 0.2) is 0 Å². The van der Waals surface area contributed by atoms with Crippen LogP contribution in [0.1, 0.15) is 20.3 Å². The predicted octanol–water partition coefficient (Wildman–Crippen LogP) is 0.578. The van der Waals surface area contributed by atoms with Crippen molar-refractivity contribution >= 4 is 11.8 Å². The highest BCUT2D eigenvalue weighted by molar-refractivity contribution is 5.94. The lowest BCUT2D eigenvalue weighted by Crippen LogP contribution is -2.15. The maximum absolute atomic E-state index is 11.0. The molecule has 0 aliphatic carbocycles. The standard InChI is InChI=1S/C12H22O6/c1-3-15-4-5-16-6-7-17-8-9-18-12(14)10-11(2)13/h3-10H2,1-2H3. The van der Waals surface area contributed by atoms with Crippen LogP contribution in [0.3, 0.4) is 0 Å². The Morgan fingerprint density at radius 2 is 1.33 bits per heavy atom. The number of hydrogen-bond donors (Lipinski definition) is 0. The fourth-order valence-electron chi connectivity index (χ4n) is 1.05. The molecule has 0 heterocycles. The molecule has 0 aromatic rings. The first-order chi connectivity index (χ1) is 8.66. The van der Waals surface area contributed by atoms with Crippen molar-refractivity contribution in [2.45, 2.75) is 20.3 Å². The van der Waals surface area contributed by atoms with Gasteiger partial charge in [0.1, 0.15) is 18.8 Å². The third-order valence-electron chi connectivity index (χ3n) is 1.83. The highest BCUT2D eigenvalue weighted by atomic mass is 16.6. The van der Waals surface area contributed by atoms with E-state index in [1.807, 2.05) is 6.92 Å². The number of hydrogen-bond acceptors (Lipinski definition) is 6. The van der Waals surface area contributed by atoms with E-state index in [1.54, 1.807) is 0 Å². The lowest BCUT2D eigenvalue weighted by Gasteiger charge is -2.06. The topological polar surface area (TPSA) is 71.1 Å². The van der Waals surface area contributed by atoms with Crippen molar-refractivity contribution in [2.24, 2.45) is 0 Å². The Hall–Kier alpha value is -0.980. The summed E-state index contributed by atoms with van der Waals surface area (Å²) in [5.41, 5.74) is 0. The molecule has 0 spiro atoms. The summed E-state index contributed by atoms with van der Waals surface area (Å²) in [7, 11) is 0. The van der Waals surface area contributed by atoms with Crippen LogP contribution in [-0.2, 0) is 28.5 Å². The van der Waals surface area contributed by atoms with Crippen LogP contribution in [0.15, 0.2) is 0 Å². The minimum absolute atomic E-state index is 0.158. The van der Waals surface area contributed by atoms with Crippen LogP contribution in [0.25, 0.3) is 0 Å². The van der Waals surface area contributed by atoms with E-state index in [9.17, 15) is 9.59 Å². The number of Topliss-reactive ketones (excluding diaryl/α,β-unsaturated/α-hetero) is 1. The van der Waals surface area contributed by atoms with Crippen molar-refractivity contribution in [3.63, 3.8) is 0 Å². The summed E-state index contributed by atoms with van der Waals surface area (Å²) in [6.45, 7) is 6.47. The van der Waals surface area contributed by atoms with Crippen LogP contribution < -0.4 is 0 Å². The second kappa shape index (κ2) is 12.5. The maximum Gasteiger partial charge on any atom is 0.313 e. The Morgan fingerprint density at radius 3 is 1.83 bits per heavy atom. The molecule has 0 N–H and O–H groups in total. The molecule has 0 bridgehead atoms. The van der Waals surface area contributed by atoms with Crippen LogP contribution in [0, 0.1) is 0 Å². The Balaban J connectivity index is 3.11.